The van der Waals surface area contributed by atoms with Crippen molar-refractivity contribution >= 4 is 0 Å². The highest BCUT2D eigenvalue weighted by Gasteiger charge is 2.20. The summed E-state index contributed by atoms with van der Waals surface area (Å²) in [6.45, 7) is 13.1. The number of nitrogens with one attached hydrogen (secondary N) is 1. The molecule has 3 rings (SSSR count). The summed E-state index contributed by atoms with van der Waals surface area (Å²) in [7, 11) is 0. The lowest BCUT2D eigenvalue weighted by Gasteiger charge is -2.35. The van der Waals surface area contributed by atoms with Crippen LogP contribution in [0.4, 0.5) is 0 Å². The Labute approximate surface area is 195 Å². The van der Waals surface area contributed by atoms with Crippen LogP contribution in [-0.4, -0.2) is 36.1 Å². The molecule has 0 bridgehead atoms. The van der Waals surface area contributed by atoms with E-state index in [1.54, 1.807) is 0 Å². The predicted molar refractivity (Wildman–Crippen MR) is 137 cm³/mol. The minimum Gasteiger partial charge on any atom is -0.298 e. The summed E-state index contributed by atoms with van der Waals surface area (Å²) in [5.74, 6) is 0. The van der Waals surface area contributed by atoms with E-state index in [0.717, 1.165) is 26.3 Å². The Morgan fingerprint density at radius 2 is 1.00 bits per heavy atom. The highest BCUT2D eigenvalue weighted by molar-refractivity contribution is 5.20. The Morgan fingerprint density at radius 3 is 1.47 bits per heavy atom. The first-order valence-corrected chi connectivity index (χ1v) is 12.0. The van der Waals surface area contributed by atoms with Gasteiger partial charge in [0.05, 0.1) is 0 Å². The van der Waals surface area contributed by atoms with Gasteiger partial charge in [-0.15, -0.1) is 0 Å². The molecule has 0 spiro atoms. The molecule has 3 atom stereocenters. The molecule has 3 unspecified atom stereocenters. The zero-order chi connectivity index (χ0) is 22.8. The van der Waals surface area contributed by atoms with Crippen molar-refractivity contribution in [3.63, 3.8) is 0 Å². The minimum atomic E-state index is 0.312. The first-order chi connectivity index (χ1) is 15.6. The Hall–Kier alpha value is -2.46. The van der Waals surface area contributed by atoms with Crippen molar-refractivity contribution in [2.45, 2.75) is 45.8 Å². The number of likely N-dealkylation sites (N-methyl/N-ethyl adjacent to an activating group) is 1. The second-order valence-electron chi connectivity index (χ2n) is 8.61. The van der Waals surface area contributed by atoms with Crippen LogP contribution in [-0.2, 0) is 0 Å². The van der Waals surface area contributed by atoms with Gasteiger partial charge in [0, 0.05) is 37.9 Å². The Kier molecular flexibility index (Phi) is 9.48. The van der Waals surface area contributed by atoms with Crippen LogP contribution in [0.15, 0.2) is 91.0 Å². The van der Waals surface area contributed by atoms with E-state index in [4.69, 9.17) is 0 Å². The van der Waals surface area contributed by atoms with Gasteiger partial charge < -0.3 is 0 Å². The largest absolute Gasteiger partial charge is 0.298 e. The molecule has 3 aromatic carbocycles. The number of hydrogen-bond acceptors (Lipinski definition) is 3. The predicted octanol–water partition coefficient (Wildman–Crippen LogP) is 6.44. The van der Waals surface area contributed by atoms with E-state index < -0.39 is 0 Å². The fourth-order valence-electron chi connectivity index (χ4n) is 4.29. The molecule has 0 aliphatic heterocycles. The van der Waals surface area contributed by atoms with E-state index in [-0.39, 0.29) is 0 Å². The quantitative estimate of drug-likeness (QED) is 0.334. The molecule has 0 saturated heterocycles. The van der Waals surface area contributed by atoms with Crippen molar-refractivity contribution in [3.05, 3.63) is 108 Å². The first-order valence-electron chi connectivity index (χ1n) is 12.0. The van der Waals surface area contributed by atoms with Gasteiger partial charge in [-0.05, 0) is 44.0 Å². The number of nitrogens with zero attached hydrogens (tertiary/aromatic N) is 2. The molecule has 32 heavy (non-hydrogen) atoms. The summed E-state index contributed by atoms with van der Waals surface area (Å²) in [6.07, 6.45) is 0. The van der Waals surface area contributed by atoms with Crippen LogP contribution in [0.1, 0.15) is 62.5 Å². The minimum absolute atomic E-state index is 0.312. The third-order valence-electron chi connectivity index (χ3n) is 6.64. The third kappa shape index (κ3) is 6.77. The summed E-state index contributed by atoms with van der Waals surface area (Å²) in [6, 6.07) is 33.5. The van der Waals surface area contributed by atoms with Crippen molar-refractivity contribution in [2.75, 3.05) is 26.3 Å². The van der Waals surface area contributed by atoms with Gasteiger partial charge in [-0.25, -0.2) is 0 Å². The van der Waals surface area contributed by atoms with E-state index in [1.807, 2.05) is 0 Å². The molecule has 3 nitrogen and oxygen atoms in total. The summed E-state index contributed by atoms with van der Waals surface area (Å²) >= 11 is 0. The monoisotopic (exact) mass is 429 g/mol. The molecule has 0 saturated carbocycles. The highest BCUT2D eigenvalue weighted by Crippen LogP contribution is 2.23. The van der Waals surface area contributed by atoms with Gasteiger partial charge in [-0.1, -0.05) is 97.9 Å². The van der Waals surface area contributed by atoms with Gasteiger partial charge in [0.15, 0.2) is 0 Å². The SMILES string of the molecule is CCN(CCN(CNC(C)c1ccccc1)C(C)c1ccccc1)C(C)c1ccccc1. The van der Waals surface area contributed by atoms with Crippen LogP contribution in [0.3, 0.4) is 0 Å². The second-order valence-corrected chi connectivity index (χ2v) is 8.61. The molecule has 0 heterocycles. The summed E-state index contributed by atoms with van der Waals surface area (Å²) in [5.41, 5.74) is 4.07. The fourth-order valence-corrected chi connectivity index (χ4v) is 4.29. The Balaban J connectivity index is 1.68. The maximum Gasteiger partial charge on any atom is 0.0491 e. The molecule has 0 aliphatic carbocycles. The molecule has 0 aromatic heterocycles. The van der Waals surface area contributed by atoms with Crippen molar-refractivity contribution in [1.29, 1.82) is 0 Å². The van der Waals surface area contributed by atoms with Crippen molar-refractivity contribution < 1.29 is 0 Å². The average Bonchev–Trinajstić information content (AvgIpc) is 2.87. The van der Waals surface area contributed by atoms with Gasteiger partial charge in [-0.2, -0.15) is 0 Å². The van der Waals surface area contributed by atoms with Crippen molar-refractivity contribution in [1.82, 2.24) is 15.1 Å². The van der Waals surface area contributed by atoms with E-state index in [9.17, 15) is 0 Å². The molecular weight excluding hydrogens is 390 g/mol. The van der Waals surface area contributed by atoms with Crippen LogP contribution in [0.25, 0.3) is 0 Å². The first kappa shape index (κ1) is 24.2. The fraction of sp³-hybridized carbons (Fsp3) is 0.379. The van der Waals surface area contributed by atoms with Crippen LogP contribution < -0.4 is 5.32 Å². The molecule has 170 valence electrons. The van der Waals surface area contributed by atoms with Crippen molar-refractivity contribution in [2.24, 2.45) is 0 Å². The molecule has 3 aromatic rings. The van der Waals surface area contributed by atoms with Crippen LogP contribution in [0.2, 0.25) is 0 Å². The number of rotatable bonds is 12. The number of benzene rings is 3. The molecule has 0 radical (unpaired) electrons. The normalized spacial score (nSPS) is 14.4. The second kappa shape index (κ2) is 12.5. The lowest BCUT2D eigenvalue weighted by atomic mass is 10.1. The van der Waals surface area contributed by atoms with Crippen molar-refractivity contribution in [3.8, 4) is 0 Å². The molecule has 3 heteroatoms. The standard InChI is InChI=1S/C29H39N3/c1-5-31(25(3)28-17-11-7-12-18-28)21-22-32(26(4)29-19-13-8-14-20-29)23-30-24(2)27-15-9-6-10-16-27/h6-20,24-26,30H,5,21-23H2,1-4H3. The van der Waals surface area contributed by atoms with Gasteiger partial charge in [0.25, 0.3) is 0 Å². The Bertz CT molecular complexity index is 882. The van der Waals surface area contributed by atoms with Gasteiger partial charge in [-0.3, -0.25) is 15.1 Å². The topological polar surface area (TPSA) is 18.5 Å². The third-order valence-corrected chi connectivity index (χ3v) is 6.64. The molecule has 0 fully saturated rings. The van der Waals surface area contributed by atoms with Gasteiger partial charge in [0.1, 0.15) is 0 Å². The zero-order valence-electron chi connectivity index (χ0n) is 20.1. The van der Waals surface area contributed by atoms with E-state index in [0.29, 0.717) is 18.1 Å². The van der Waals surface area contributed by atoms with Gasteiger partial charge in [0.2, 0.25) is 0 Å². The smallest absolute Gasteiger partial charge is 0.0491 e. The van der Waals surface area contributed by atoms with E-state index >= 15 is 0 Å². The molecular formula is C29H39N3. The maximum atomic E-state index is 3.76. The molecule has 1 N–H and O–H groups in total. The average molecular weight is 430 g/mol. The van der Waals surface area contributed by atoms with Crippen LogP contribution in [0.5, 0.6) is 0 Å². The highest BCUT2D eigenvalue weighted by atomic mass is 15.3. The summed E-state index contributed by atoms with van der Waals surface area (Å²) in [4.78, 5) is 5.13. The lowest BCUT2D eigenvalue weighted by Crippen LogP contribution is -2.42. The maximum absolute atomic E-state index is 3.76. The van der Waals surface area contributed by atoms with Crippen LogP contribution in [0, 0.1) is 0 Å². The molecule has 0 aliphatic rings. The Morgan fingerprint density at radius 1 is 0.594 bits per heavy atom. The molecule has 0 amide bonds. The summed E-state index contributed by atoms with van der Waals surface area (Å²) in [5, 5.41) is 3.76. The summed E-state index contributed by atoms with van der Waals surface area (Å²) < 4.78 is 0. The van der Waals surface area contributed by atoms with E-state index in [2.05, 4.69) is 134 Å². The van der Waals surface area contributed by atoms with Gasteiger partial charge >= 0.3 is 0 Å². The van der Waals surface area contributed by atoms with Crippen LogP contribution >= 0.6 is 0 Å². The number of hydrogen-bond donors (Lipinski definition) is 1. The zero-order valence-corrected chi connectivity index (χ0v) is 20.1. The lowest BCUT2D eigenvalue weighted by molar-refractivity contribution is 0.137. The van der Waals surface area contributed by atoms with E-state index in [1.165, 1.54) is 16.7 Å².